The highest BCUT2D eigenvalue weighted by Gasteiger charge is 2.26. The van der Waals surface area contributed by atoms with Gasteiger partial charge in [-0.2, -0.15) is 5.10 Å². The van der Waals surface area contributed by atoms with Gasteiger partial charge in [0.05, 0.1) is 11.8 Å². The normalized spacial score (nSPS) is 23.6. The Morgan fingerprint density at radius 3 is 2.70 bits per heavy atom. The molecule has 20 heavy (non-hydrogen) atoms. The maximum absolute atomic E-state index is 12.2. The van der Waals surface area contributed by atoms with Gasteiger partial charge in [-0.15, -0.1) is 0 Å². The smallest absolute Gasteiger partial charge is 0.246 e. The third-order valence-electron chi connectivity index (χ3n) is 4.13. The molecule has 2 heterocycles. The maximum atomic E-state index is 12.2. The van der Waals surface area contributed by atoms with Crippen molar-refractivity contribution in [2.75, 3.05) is 13.1 Å². The molecule has 1 amide bonds. The second kappa shape index (κ2) is 5.79. The molecule has 0 bridgehead atoms. The van der Waals surface area contributed by atoms with Crippen molar-refractivity contribution in [1.29, 1.82) is 0 Å². The number of piperidine rings is 1. The summed E-state index contributed by atoms with van der Waals surface area (Å²) in [4.78, 5) is 14.0. The highest BCUT2D eigenvalue weighted by molar-refractivity contribution is 5.92. The van der Waals surface area contributed by atoms with Crippen molar-refractivity contribution in [3.8, 4) is 0 Å². The number of hydrogen-bond acceptors (Lipinski definition) is 3. The molecule has 110 valence electrons. The fourth-order valence-electron chi connectivity index (χ4n) is 2.62. The van der Waals surface area contributed by atoms with Crippen molar-refractivity contribution in [2.45, 2.75) is 33.3 Å². The molecule has 2 unspecified atom stereocenters. The summed E-state index contributed by atoms with van der Waals surface area (Å²) in [6.07, 6.45) is 3.83. The van der Waals surface area contributed by atoms with Crippen LogP contribution in [0.2, 0.25) is 0 Å². The lowest BCUT2D eigenvalue weighted by Crippen LogP contribution is -2.44. The number of amides is 1. The van der Waals surface area contributed by atoms with E-state index < -0.39 is 0 Å². The van der Waals surface area contributed by atoms with Gasteiger partial charge in [-0.25, -0.2) is 0 Å². The maximum Gasteiger partial charge on any atom is 0.246 e. The van der Waals surface area contributed by atoms with Gasteiger partial charge < -0.3 is 10.0 Å². The molecule has 0 aliphatic carbocycles. The Morgan fingerprint density at radius 2 is 2.15 bits per heavy atom. The van der Waals surface area contributed by atoms with E-state index in [0.717, 1.165) is 17.0 Å². The van der Waals surface area contributed by atoms with Gasteiger partial charge in [0.15, 0.2) is 0 Å². The molecule has 5 heteroatoms. The van der Waals surface area contributed by atoms with Crippen LogP contribution in [-0.2, 0) is 11.8 Å². The summed E-state index contributed by atoms with van der Waals surface area (Å²) in [7, 11) is 1.90. The van der Waals surface area contributed by atoms with E-state index in [1.807, 2.05) is 38.6 Å². The Hall–Kier alpha value is -1.62. The highest BCUT2D eigenvalue weighted by Crippen LogP contribution is 2.18. The van der Waals surface area contributed by atoms with E-state index in [2.05, 4.69) is 5.10 Å². The van der Waals surface area contributed by atoms with Crippen LogP contribution in [0.1, 0.15) is 30.3 Å². The molecule has 5 nitrogen and oxygen atoms in total. The van der Waals surface area contributed by atoms with Crippen LogP contribution < -0.4 is 0 Å². The van der Waals surface area contributed by atoms with Crippen molar-refractivity contribution in [2.24, 2.45) is 13.0 Å². The first-order valence-corrected chi connectivity index (χ1v) is 7.05. The predicted molar refractivity (Wildman–Crippen MR) is 78.1 cm³/mol. The van der Waals surface area contributed by atoms with E-state index >= 15 is 0 Å². The largest absolute Gasteiger partial charge is 0.393 e. The monoisotopic (exact) mass is 277 g/mol. The molecule has 1 aliphatic rings. The van der Waals surface area contributed by atoms with Crippen molar-refractivity contribution in [1.82, 2.24) is 14.7 Å². The van der Waals surface area contributed by atoms with E-state index in [0.29, 0.717) is 19.5 Å². The summed E-state index contributed by atoms with van der Waals surface area (Å²) in [5.74, 6) is 0.148. The van der Waals surface area contributed by atoms with Crippen LogP contribution in [0.5, 0.6) is 0 Å². The number of rotatable bonds is 2. The molecular formula is C15H23N3O2. The molecular weight excluding hydrogens is 254 g/mol. The molecule has 0 spiro atoms. The van der Waals surface area contributed by atoms with Crippen LogP contribution >= 0.6 is 0 Å². The lowest BCUT2D eigenvalue weighted by atomic mass is 9.97. The minimum atomic E-state index is -0.286. The molecule has 1 aromatic rings. The Kier molecular flexibility index (Phi) is 4.28. The summed E-state index contributed by atoms with van der Waals surface area (Å²) in [6, 6.07) is 0. The van der Waals surface area contributed by atoms with E-state index in [9.17, 15) is 9.90 Å². The number of aliphatic hydroxyl groups is 1. The molecule has 1 aliphatic heterocycles. The van der Waals surface area contributed by atoms with Gasteiger partial charge in [-0.05, 0) is 32.3 Å². The van der Waals surface area contributed by atoms with Gasteiger partial charge in [0.1, 0.15) is 0 Å². The van der Waals surface area contributed by atoms with Crippen LogP contribution in [0.15, 0.2) is 6.08 Å². The number of aryl methyl sites for hydroxylation is 2. The van der Waals surface area contributed by atoms with Crippen molar-refractivity contribution < 1.29 is 9.90 Å². The fourth-order valence-corrected chi connectivity index (χ4v) is 2.62. The zero-order valence-corrected chi connectivity index (χ0v) is 12.6. The number of nitrogens with zero attached hydrogens (tertiary/aromatic N) is 3. The van der Waals surface area contributed by atoms with E-state index in [1.165, 1.54) is 0 Å². The lowest BCUT2D eigenvalue weighted by molar-refractivity contribution is -0.129. The van der Waals surface area contributed by atoms with Gasteiger partial charge in [0, 0.05) is 37.5 Å². The van der Waals surface area contributed by atoms with E-state index in [-0.39, 0.29) is 17.9 Å². The van der Waals surface area contributed by atoms with Crippen LogP contribution in [0.4, 0.5) is 0 Å². The third-order valence-corrected chi connectivity index (χ3v) is 4.13. The SMILES string of the molecule is Cc1nn(C)c(C)c1/C=C/C(=O)N1CCC(O)C(C)C1. The number of carbonyl (C=O) groups excluding carboxylic acids is 1. The Balaban J connectivity index is 2.06. The van der Waals surface area contributed by atoms with Crippen LogP contribution in [-0.4, -0.2) is 44.9 Å². The quantitative estimate of drug-likeness (QED) is 0.828. The standard InChI is InChI=1S/C15H23N3O2/c1-10-9-18(8-7-14(10)19)15(20)6-5-13-11(2)16-17(4)12(13)3/h5-6,10,14,19H,7-9H2,1-4H3/b6-5+. The first kappa shape index (κ1) is 14.8. The third kappa shape index (κ3) is 2.93. The first-order chi connectivity index (χ1) is 9.40. The molecule has 2 atom stereocenters. The average Bonchev–Trinajstić information content (AvgIpc) is 2.64. The average molecular weight is 277 g/mol. The summed E-state index contributed by atoms with van der Waals surface area (Å²) < 4.78 is 1.82. The minimum Gasteiger partial charge on any atom is -0.393 e. The van der Waals surface area contributed by atoms with Crippen molar-refractivity contribution >= 4 is 12.0 Å². The summed E-state index contributed by atoms with van der Waals surface area (Å²) in [6.45, 7) is 7.15. The van der Waals surface area contributed by atoms with Crippen molar-refractivity contribution in [3.05, 3.63) is 23.0 Å². The lowest BCUT2D eigenvalue weighted by Gasteiger charge is -2.33. The zero-order chi connectivity index (χ0) is 14.9. The first-order valence-electron chi connectivity index (χ1n) is 7.05. The Labute approximate surface area is 119 Å². The molecule has 0 radical (unpaired) electrons. The van der Waals surface area contributed by atoms with Gasteiger partial charge >= 0.3 is 0 Å². The van der Waals surface area contributed by atoms with Crippen LogP contribution in [0.3, 0.4) is 0 Å². The fraction of sp³-hybridized carbons (Fsp3) is 0.600. The number of carbonyl (C=O) groups is 1. The molecule has 0 saturated carbocycles. The van der Waals surface area contributed by atoms with Crippen molar-refractivity contribution in [3.63, 3.8) is 0 Å². The summed E-state index contributed by atoms with van der Waals surface area (Å²) >= 11 is 0. The number of hydrogen-bond donors (Lipinski definition) is 1. The van der Waals surface area contributed by atoms with Crippen LogP contribution in [0, 0.1) is 19.8 Å². The summed E-state index contributed by atoms with van der Waals surface area (Å²) in [5, 5.41) is 14.0. The highest BCUT2D eigenvalue weighted by atomic mass is 16.3. The zero-order valence-electron chi connectivity index (χ0n) is 12.6. The predicted octanol–water partition coefficient (Wildman–Crippen LogP) is 1.28. The molecule has 0 aromatic carbocycles. The molecule has 1 aromatic heterocycles. The van der Waals surface area contributed by atoms with E-state index in [4.69, 9.17) is 0 Å². The Morgan fingerprint density at radius 1 is 1.45 bits per heavy atom. The van der Waals surface area contributed by atoms with Gasteiger partial charge in [0.2, 0.25) is 5.91 Å². The molecule has 2 rings (SSSR count). The van der Waals surface area contributed by atoms with E-state index in [1.54, 1.807) is 11.0 Å². The second-order valence-electron chi connectivity index (χ2n) is 5.66. The molecule has 1 fully saturated rings. The van der Waals surface area contributed by atoms with Crippen LogP contribution in [0.25, 0.3) is 6.08 Å². The second-order valence-corrected chi connectivity index (χ2v) is 5.66. The molecule has 1 saturated heterocycles. The summed E-state index contributed by atoms with van der Waals surface area (Å²) in [5.41, 5.74) is 2.98. The number of aliphatic hydroxyl groups excluding tert-OH is 1. The minimum absolute atomic E-state index is 0.00593. The van der Waals surface area contributed by atoms with Gasteiger partial charge in [-0.3, -0.25) is 9.48 Å². The number of aromatic nitrogens is 2. The number of likely N-dealkylation sites (tertiary alicyclic amines) is 1. The Bertz CT molecular complexity index is 533. The molecule has 1 N–H and O–H groups in total. The van der Waals surface area contributed by atoms with Gasteiger partial charge in [-0.1, -0.05) is 6.92 Å². The van der Waals surface area contributed by atoms with Gasteiger partial charge in [0.25, 0.3) is 0 Å². The topological polar surface area (TPSA) is 58.4 Å².